The maximum atomic E-state index is 6.72. The highest BCUT2D eigenvalue weighted by atomic mass is 35.5. The van der Waals surface area contributed by atoms with Crippen LogP contribution < -0.4 is 0 Å². The molecule has 0 amide bonds. The van der Waals surface area contributed by atoms with Crippen molar-refractivity contribution >= 4 is 117 Å². The Labute approximate surface area is 159 Å². The Kier molecular flexibility index (Phi) is 5.97. The van der Waals surface area contributed by atoms with E-state index in [1.165, 1.54) is 0 Å². The topological polar surface area (TPSA) is 0 Å². The molecule has 4 heterocycles. The van der Waals surface area contributed by atoms with Gasteiger partial charge in [0.2, 0.25) is 0 Å². The van der Waals surface area contributed by atoms with E-state index < -0.39 is 0 Å². The summed E-state index contributed by atoms with van der Waals surface area (Å²) in [5, 5.41) is 0.0677. The van der Waals surface area contributed by atoms with Crippen molar-refractivity contribution in [3.05, 3.63) is 0 Å². The molecule has 0 aromatic carbocycles. The van der Waals surface area contributed by atoms with Crippen LogP contribution in [0.2, 0.25) is 0 Å². The van der Waals surface area contributed by atoms with E-state index in [0.29, 0.717) is 13.7 Å². The molecule has 0 radical (unpaired) electrons. The highest BCUT2D eigenvalue weighted by molar-refractivity contribution is 8.64. The van der Waals surface area contributed by atoms with Crippen LogP contribution >= 0.6 is 117 Å². The monoisotopic (exact) mass is 450 g/mol. The summed E-state index contributed by atoms with van der Waals surface area (Å²) in [6, 6.07) is 0. The summed E-state index contributed by atoms with van der Waals surface area (Å²) in [5.74, 6) is 0.588. The molecule has 0 aromatic rings. The van der Waals surface area contributed by atoms with E-state index in [1.807, 2.05) is 58.8 Å². The summed E-state index contributed by atoms with van der Waals surface area (Å²) in [4.78, 5) is 0. The molecule has 4 bridgehead atoms. The first-order valence-corrected chi connectivity index (χ1v) is 12.6. The van der Waals surface area contributed by atoms with Crippen LogP contribution in [-0.2, 0) is 0 Å². The zero-order valence-electron chi connectivity index (χ0n) is 9.39. The molecule has 4 atom stereocenters. The number of thioether (sulfide) groups is 6. The van der Waals surface area contributed by atoms with Gasteiger partial charge in [0.25, 0.3) is 0 Å². The molecule has 0 nitrogen and oxygen atoms in total. The Morgan fingerprint density at radius 1 is 1.05 bits per heavy atom. The highest BCUT2D eigenvalue weighted by Gasteiger charge is 2.63. The predicted molar refractivity (Wildman–Crippen MR) is 104 cm³/mol. The van der Waals surface area contributed by atoms with Gasteiger partial charge in [0.05, 0.1) is 5.38 Å². The minimum absolute atomic E-state index is 0.0176. The maximum Gasteiger partial charge on any atom is 0.187 e. The molecular formula is C9H10Cl4S6. The average molecular weight is 452 g/mol. The molecule has 10 heteroatoms. The van der Waals surface area contributed by atoms with Crippen LogP contribution in [0.25, 0.3) is 0 Å². The first-order valence-electron chi connectivity index (χ1n) is 5.55. The first kappa shape index (κ1) is 17.1. The van der Waals surface area contributed by atoms with Gasteiger partial charge in [0.15, 0.2) is 2.87 Å². The number of hydrogen-bond donors (Lipinski definition) is 0. The standard InChI is InChI=1S/C9H10Cl4S6/c10-2-1-4(11)3-5(12)8-15-6-14-7(16-8)18-9(13,17-6)19-8/h4-7H,1-3H2. The number of rotatable bonds is 5. The quantitative estimate of drug-likeness (QED) is 0.421. The molecule has 0 spiro atoms. The SMILES string of the molecule is ClCCC(Cl)CC(Cl)C12SC3SC(SC(Cl)(S3)S1)S2. The van der Waals surface area contributed by atoms with Crippen molar-refractivity contribution in [3.63, 3.8) is 0 Å². The summed E-state index contributed by atoms with van der Waals surface area (Å²) < 4.78 is 0.668. The van der Waals surface area contributed by atoms with Gasteiger partial charge >= 0.3 is 0 Å². The Hall–Kier alpha value is 3.26. The lowest BCUT2D eigenvalue weighted by Gasteiger charge is -2.57. The Bertz CT molecular complexity index is 344. The molecule has 0 saturated carbocycles. The lowest BCUT2D eigenvalue weighted by atomic mass is 10.2. The zero-order chi connectivity index (χ0) is 13.7. The Morgan fingerprint density at radius 2 is 1.68 bits per heavy atom. The van der Waals surface area contributed by atoms with Gasteiger partial charge < -0.3 is 0 Å². The highest BCUT2D eigenvalue weighted by Crippen LogP contribution is 2.83. The van der Waals surface area contributed by atoms with Crippen LogP contribution in [0.15, 0.2) is 0 Å². The van der Waals surface area contributed by atoms with Gasteiger partial charge in [-0.25, -0.2) is 0 Å². The predicted octanol–water partition coefficient (Wildman–Crippen LogP) is 6.73. The van der Waals surface area contributed by atoms with Crippen molar-refractivity contribution in [1.82, 2.24) is 0 Å². The van der Waals surface area contributed by atoms with Gasteiger partial charge in [0, 0.05) is 11.3 Å². The van der Waals surface area contributed by atoms with Crippen molar-refractivity contribution in [2.45, 2.75) is 37.7 Å². The molecule has 4 saturated heterocycles. The van der Waals surface area contributed by atoms with E-state index in [4.69, 9.17) is 46.4 Å². The second-order valence-corrected chi connectivity index (χ2v) is 18.3. The van der Waals surface area contributed by atoms with E-state index in [-0.39, 0.29) is 17.0 Å². The lowest BCUT2D eigenvalue weighted by molar-refractivity contribution is 0.703. The second-order valence-electron chi connectivity index (χ2n) is 4.15. The van der Waals surface area contributed by atoms with Crippen LogP contribution in [0, 0.1) is 0 Å². The van der Waals surface area contributed by atoms with Gasteiger partial charge in [-0.05, 0) is 12.8 Å². The smallest absolute Gasteiger partial charge is 0.127 e. The van der Waals surface area contributed by atoms with Crippen molar-refractivity contribution in [3.8, 4) is 0 Å². The van der Waals surface area contributed by atoms with Gasteiger partial charge in [0.1, 0.15) is 11.2 Å². The molecule has 4 fully saturated rings. The normalized spacial score (nSPS) is 47.4. The van der Waals surface area contributed by atoms with Gasteiger partial charge in [-0.1, -0.05) is 46.9 Å². The molecule has 19 heavy (non-hydrogen) atoms. The van der Waals surface area contributed by atoms with E-state index in [9.17, 15) is 0 Å². The lowest BCUT2D eigenvalue weighted by Crippen LogP contribution is -2.46. The van der Waals surface area contributed by atoms with Crippen LogP contribution in [0.1, 0.15) is 12.8 Å². The van der Waals surface area contributed by atoms with Crippen molar-refractivity contribution in [1.29, 1.82) is 0 Å². The third kappa shape index (κ3) is 3.69. The van der Waals surface area contributed by atoms with E-state index in [0.717, 1.165) is 12.8 Å². The fourth-order valence-electron chi connectivity index (χ4n) is 1.89. The molecule has 4 aliphatic heterocycles. The van der Waals surface area contributed by atoms with Crippen LogP contribution in [0.3, 0.4) is 0 Å². The summed E-state index contributed by atoms with van der Waals surface area (Å²) in [7, 11) is 0. The molecule has 0 aliphatic carbocycles. The number of alkyl halides is 4. The van der Waals surface area contributed by atoms with Crippen LogP contribution in [-0.4, -0.2) is 30.7 Å². The maximum absolute atomic E-state index is 6.72. The Balaban J connectivity index is 1.72. The summed E-state index contributed by atoms with van der Waals surface area (Å²) in [6.07, 6.45) is 1.59. The van der Waals surface area contributed by atoms with Gasteiger partial charge in [-0.15, -0.1) is 70.1 Å². The second kappa shape index (κ2) is 6.64. The minimum atomic E-state index is -0.265. The van der Waals surface area contributed by atoms with Crippen molar-refractivity contribution in [2.24, 2.45) is 0 Å². The van der Waals surface area contributed by atoms with E-state index in [1.54, 1.807) is 11.8 Å². The van der Waals surface area contributed by atoms with E-state index in [2.05, 4.69) is 0 Å². The summed E-state index contributed by atoms with van der Waals surface area (Å²) >= 11 is 36.9. The van der Waals surface area contributed by atoms with Crippen molar-refractivity contribution < 1.29 is 0 Å². The summed E-state index contributed by atoms with van der Waals surface area (Å²) in [6.45, 7) is 0. The van der Waals surface area contributed by atoms with Crippen LogP contribution in [0.5, 0.6) is 0 Å². The Morgan fingerprint density at radius 3 is 2.21 bits per heavy atom. The molecule has 4 aliphatic rings. The van der Waals surface area contributed by atoms with Crippen LogP contribution in [0.4, 0.5) is 0 Å². The molecule has 4 unspecified atom stereocenters. The third-order valence-corrected chi connectivity index (χ3v) is 15.8. The van der Waals surface area contributed by atoms with Gasteiger partial charge in [-0.2, -0.15) is 0 Å². The fraction of sp³-hybridized carbons (Fsp3) is 1.00. The number of hydrogen-bond acceptors (Lipinski definition) is 6. The van der Waals surface area contributed by atoms with Gasteiger partial charge in [-0.3, -0.25) is 0 Å². The molecule has 110 valence electrons. The molecule has 0 aromatic heterocycles. The molecule has 4 rings (SSSR count). The van der Waals surface area contributed by atoms with Crippen molar-refractivity contribution in [2.75, 3.05) is 5.88 Å². The third-order valence-electron chi connectivity index (χ3n) is 2.75. The van der Waals surface area contributed by atoms with E-state index >= 15 is 0 Å². The first-order chi connectivity index (χ1) is 8.95. The zero-order valence-corrected chi connectivity index (χ0v) is 17.3. The molecular weight excluding hydrogens is 442 g/mol. The molecule has 0 N–H and O–H groups in total. The fourth-order valence-corrected chi connectivity index (χ4v) is 23.0. The summed E-state index contributed by atoms with van der Waals surface area (Å²) in [5.41, 5.74) is 0. The number of halogens is 4. The largest absolute Gasteiger partial charge is 0.187 e. The minimum Gasteiger partial charge on any atom is -0.127 e. The average Bonchev–Trinajstić information content (AvgIpc) is 2.25.